The SMILES string of the molecule is CCn1cc(N)cc1C(=O)N1CCn2ccnc2C1. The number of nitrogen functional groups attached to an aromatic ring is 1. The second kappa shape index (κ2) is 4.46. The van der Waals surface area contributed by atoms with Gasteiger partial charge in [-0.3, -0.25) is 4.79 Å². The van der Waals surface area contributed by atoms with E-state index in [1.165, 1.54) is 0 Å². The summed E-state index contributed by atoms with van der Waals surface area (Å²) in [5.74, 6) is 0.954. The summed E-state index contributed by atoms with van der Waals surface area (Å²) >= 11 is 0. The molecule has 6 nitrogen and oxygen atoms in total. The first-order valence-electron chi connectivity index (χ1n) is 6.44. The van der Waals surface area contributed by atoms with E-state index in [0.717, 1.165) is 18.9 Å². The number of imidazole rings is 1. The number of nitrogens with zero attached hydrogens (tertiary/aromatic N) is 4. The standard InChI is InChI=1S/C13H17N5O/c1-2-16-8-10(14)7-11(16)13(19)18-6-5-17-4-3-15-12(17)9-18/h3-4,7-8H,2,5-6,9,14H2,1H3. The molecule has 19 heavy (non-hydrogen) atoms. The van der Waals surface area contributed by atoms with Crippen molar-refractivity contribution in [3.63, 3.8) is 0 Å². The molecule has 0 radical (unpaired) electrons. The van der Waals surface area contributed by atoms with Crippen molar-refractivity contribution in [2.24, 2.45) is 0 Å². The highest BCUT2D eigenvalue weighted by molar-refractivity contribution is 5.93. The van der Waals surface area contributed by atoms with Crippen LogP contribution < -0.4 is 5.73 Å². The number of aryl methyl sites for hydroxylation is 1. The smallest absolute Gasteiger partial charge is 0.271 e. The predicted molar refractivity (Wildman–Crippen MR) is 71.5 cm³/mol. The second-order valence-electron chi connectivity index (χ2n) is 4.71. The van der Waals surface area contributed by atoms with Crippen LogP contribution in [-0.4, -0.2) is 31.5 Å². The zero-order chi connectivity index (χ0) is 13.4. The molecule has 0 fully saturated rings. The molecule has 1 aliphatic rings. The summed E-state index contributed by atoms with van der Waals surface area (Å²) in [5.41, 5.74) is 7.06. The Labute approximate surface area is 111 Å². The van der Waals surface area contributed by atoms with Crippen LogP contribution in [0.15, 0.2) is 24.7 Å². The van der Waals surface area contributed by atoms with Gasteiger partial charge in [0.25, 0.3) is 5.91 Å². The third-order valence-electron chi connectivity index (χ3n) is 3.51. The number of nitrogens with two attached hydrogens (primary N) is 1. The number of hydrogen-bond donors (Lipinski definition) is 1. The van der Waals surface area contributed by atoms with Gasteiger partial charge < -0.3 is 19.8 Å². The minimum atomic E-state index is 0.0211. The molecule has 3 heterocycles. The number of fused-ring (bicyclic) bond motifs is 1. The topological polar surface area (TPSA) is 69.1 Å². The van der Waals surface area contributed by atoms with Crippen LogP contribution in [-0.2, 0) is 19.6 Å². The lowest BCUT2D eigenvalue weighted by molar-refractivity contribution is 0.0696. The van der Waals surface area contributed by atoms with Gasteiger partial charge in [-0.25, -0.2) is 4.98 Å². The lowest BCUT2D eigenvalue weighted by Gasteiger charge is -2.27. The van der Waals surface area contributed by atoms with Crippen LogP contribution in [0.5, 0.6) is 0 Å². The van der Waals surface area contributed by atoms with Crippen molar-refractivity contribution in [2.75, 3.05) is 12.3 Å². The first kappa shape index (κ1) is 11.8. The van der Waals surface area contributed by atoms with Crippen LogP contribution in [0, 0.1) is 0 Å². The van der Waals surface area contributed by atoms with E-state index in [-0.39, 0.29) is 5.91 Å². The van der Waals surface area contributed by atoms with Crippen LogP contribution in [0.3, 0.4) is 0 Å². The van der Waals surface area contributed by atoms with Gasteiger partial charge in [0.15, 0.2) is 0 Å². The van der Waals surface area contributed by atoms with Crippen LogP contribution in [0.25, 0.3) is 0 Å². The Bertz CT molecular complexity index is 612. The Kier molecular flexibility index (Phi) is 2.77. The summed E-state index contributed by atoms with van der Waals surface area (Å²) in [4.78, 5) is 18.6. The molecular weight excluding hydrogens is 242 g/mol. The average molecular weight is 259 g/mol. The zero-order valence-corrected chi connectivity index (χ0v) is 10.9. The molecule has 2 N–H and O–H groups in total. The number of carbonyl (C=O) groups excluding carboxylic acids is 1. The number of hydrogen-bond acceptors (Lipinski definition) is 3. The number of aromatic nitrogens is 3. The molecule has 0 saturated heterocycles. The summed E-state index contributed by atoms with van der Waals surface area (Å²) < 4.78 is 3.97. The lowest BCUT2D eigenvalue weighted by atomic mass is 10.3. The van der Waals surface area contributed by atoms with Gasteiger partial charge in [-0.2, -0.15) is 0 Å². The lowest BCUT2D eigenvalue weighted by Crippen LogP contribution is -2.39. The van der Waals surface area contributed by atoms with Crippen LogP contribution in [0.2, 0.25) is 0 Å². The molecule has 2 aromatic rings. The quantitative estimate of drug-likeness (QED) is 0.872. The van der Waals surface area contributed by atoms with Gasteiger partial charge in [-0.1, -0.05) is 0 Å². The highest BCUT2D eigenvalue weighted by atomic mass is 16.2. The molecule has 3 rings (SSSR count). The fourth-order valence-corrected chi connectivity index (χ4v) is 2.48. The van der Waals surface area contributed by atoms with Crippen molar-refractivity contribution < 1.29 is 4.79 Å². The molecule has 1 amide bonds. The van der Waals surface area contributed by atoms with Crippen molar-refractivity contribution in [2.45, 2.75) is 26.6 Å². The van der Waals surface area contributed by atoms with Crippen LogP contribution >= 0.6 is 0 Å². The van der Waals surface area contributed by atoms with E-state index in [1.807, 2.05) is 22.6 Å². The summed E-state index contributed by atoms with van der Waals surface area (Å²) in [6, 6.07) is 1.74. The van der Waals surface area contributed by atoms with Gasteiger partial charge >= 0.3 is 0 Å². The monoisotopic (exact) mass is 259 g/mol. The third kappa shape index (κ3) is 1.99. The number of rotatable bonds is 2. The summed E-state index contributed by atoms with van der Waals surface area (Å²) in [6.07, 6.45) is 5.53. The molecule has 1 aliphatic heterocycles. The Hall–Kier alpha value is -2.24. The van der Waals surface area contributed by atoms with Gasteiger partial charge in [0, 0.05) is 38.2 Å². The maximum atomic E-state index is 12.5. The summed E-state index contributed by atoms with van der Waals surface area (Å²) in [5, 5.41) is 0. The Morgan fingerprint density at radius 3 is 3.11 bits per heavy atom. The van der Waals surface area contributed by atoms with E-state index in [0.29, 0.717) is 24.5 Å². The van der Waals surface area contributed by atoms with Crippen LogP contribution in [0.4, 0.5) is 5.69 Å². The van der Waals surface area contributed by atoms with Crippen molar-refractivity contribution in [3.8, 4) is 0 Å². The second-order valence-corrected chi connectivity index (χ2v) is 4.71. The molecule has 0 atom stereocenters. The number of amides is 1. The average Bonchev–Trinajstić information content (AvgIpc) is 3.02. The number of carbonyl (C=O) groups is 1. The highest BCUT2D eigenvalue weighted by Crippen LogP contribution is 2.17. The van der Waals surface area contributed by atoms with Gasteiger partial charge in [0.05, 0.1) is 12.2 Å². The minimum Gasteiger partial charge on any atom is -0.397 e. The molecule has 100 valence electrons. The van der Waals surface area contributed by atoms with E-state index < -0.39 is 0 Å². The molecule has 0 unspecified atom stereocenters. The molecule has 0 bridgehead atoms. The molecular formula is C13H17N5O. The van der Waals surface area contributed by atoms with Crippen molar-refractivity contribution >= 4 is 11.6 Å². The Morgan fingerprint density at radius 2 is 2.32 bits per heavy atom. The maximum absolute atomic E-state index is 12.5. The minimum absolute atomic E-state index is 0.0211. The summed E-state index contributed by atoms with van der Waals surface area (Å²) in [6.45, 7) is 4.79. The van der Waals surface area contributed by atoms with Gasteiger partial charge in [0.2, 0.25) is 0 Å². The highest BCUT2D eigenvalue weighted by Gasteiger charge is 2.24. The van der Waals surface area contributed by atoms with Crippen molar-refractivity contribution in [1.82, 2.24) is 19.0 Å². The Morgan fingerprint density at radius 1 is 1.47 bits per heavy atom. The molecule has 0 aromatic carbocycles. The first-order valence-corrected chi connectivity index (χ1v) is 6.44. The van der Waals surface area contributed by atoms with Crippen molar-refractivity contribution in [3.05, 3.63) is 36.2 Å². The fraction of sp³-hybridized carbons (Fsp3) is 0.385. The fourth-order valence-electron chi connectivity index (χ4n) is 2.48. The van der Waals surface area contributed by atoms with Crippen LogP contribution in [0.1, 0.15) is 23.2 Å². The normalized spacial score (nSPS) is 14.5. The third-order valence-corrected chi connectivity index (χ3v) is 3.51. The molecule has 6 heteroatoms. The predicted octanol–water partition coefficient (Wildman–Crippen LogP) is 0.943. The molecule has 0 saturated carbocycles. The maximum Gasteiger partial charge on any atom is 0.271 e. The van der Waals surface area contributed by atoms with E-state index >= 15 is 0 Å². The summed E-state index contributed by atoms with van der Waals surface area (Å²) in [7, 11) is 0. The largest absolute Gasteiger partial charge is 0.397 e. The molecule has 2 aromatic heterocycles. The Balaban J connectivity index is 1.85. The molecule has 0 spiro atoms. The van der Waals surface area contributed by atoms with E-state index in [2.05, 4.69) is 9.55 Å². The zero-order valence-electron chi connectivity index (χ0n) is 10.9. The van der Waals surface area contributed by atoms with Gasteiger partial charge in [-0.15, -0.1) is 0 Å². The van der Waals surface area contributed by atoms with E-state index in [9.17, 15) is 4.79 Å². The van der Waals surface area contributed by atoms with Crippen molar-refractivity contribution in [1.29, 1.82) is 0 Å². The van der Waals surface area contributed by atoms with Gasteiger partial charge in [0.1, 0.15) is 11.5 Å². The van der Waals surface area contributed by atoms with Gasteiger partial charge in [-0.05, 0) is 13.0 Å². The van der Waals surface area contributed by atoms with E-state index in [4.69, 9.17) is 5.73 Å². The molecule has 0 aliphatic carbocycles. The van der Waals surface area contributed by atoms with E-state index in [1.54, 1.807) is 18.5 Å². The first-order chi connectivity index (χ1) is 9.19. The number of anilines is 1.